The molecule has 1 nitrogen and oxygen atoms in total. The number of aryl methyl sites for hydroxylation is 1. The predicted octanol–water partition coefficient (Wildman–Crippen LogP) is 4.86. The van der Waals surface area contributed by atoms with Crippen LogP contribution in [0.2, 0.25) is 0 Å². The van der Waals surface area contributed by atoms with Crippen LogP contribution in [0.5, 0.6) is 0 Å². The molecular formula is C17H21NS. The largest absolute Gasteiger partial charge is 0.302 e. The number of hydrogen-bond acceptors (Lipinski definition) is 2. The Labute approximate surface area is 119 Å². The molecule has 1 aromatic carbocycles. The van der Waals surface area contributed by atoms with Crippen molar-refractivity contribution in [3.8, 4) is 0 Å². The first-order valence-electron chi connectivity index (χ1n) is 7.10. The van der Waals surface area contributed by atoms with Crippen LogP contribution in [-0.4, -0.2) is 0 Å². The second kappa shape index (κ2) is 5.48. The van der Waals surface area contributed by atoms with Crippen molar-refractivity contribution in [2.75, 3.05) is 0 Å². The minimum atomic E-state index is 0.437. The van der Waals surface area contributed by atoms with Crippen LogP contribution in [0.15, 0.2) is 41.8 Å². The van der Waals surface area contributed by atoms with Crippen molar-refractivity contribution in [3.05, 3.63) is 57.8 Å². The van der Waals surface area contributed by atoms with E-state index in [0.29, 0.717) is 12.1 Å². The van der Waals surface area contributed by atoms with Gasteiger partial charge in [0.05, 0.1) is 0 Å². The molecular weight excluding hydrogens is 250 g/mol. The molecule has 3 rings (SSSR count). The first-order chi connectivity index (χ1) is 9.24. The van der Waals surface area contributed by atoms with Crippen LogP contribution in [0.4, 0.5) is 0 Å². The van der Waals surface area contributed by atoms with Gasteiger partial charge in [-0.1, -0.05) is 35.9 Å². The summed E-state index contributed by atoms with van der Waals surface area (Å²) in [6.07, 6.45) is 2.73. The molecule has 0 aliphatic heterocycles. The van der Waals surface area contributed by atoms with Crippen LogP contribution >= 0.6 is 11.3 Å². The zero-order valence-electron chi connectivity index (χ0n) is 11.6. The molecule has 1 heterocycles. The van der Waals surface area contributed by atoms with E-state index in [0.717, 1.165) is 5.92 Å². The summed E-state index contributed by atoms with van der Waals surface area (Å²) in [7, 11) is 0. The first-order valence-corrected chi connectivity index (χ1v) is 7.98. The topological polar surface area (TPSA) is 12.0 Å². The molecule has 19 heavy (non-hydrogen) atoms. The van der Waals surface area contributed by atoms with Crippen molar-refractivity contribution < 1.29 is 0 Å². The fourth-order valence-electron chi connectivity index (χ4n) is 2.60. The number of nitrogens with one attached hydrogen (secondary N) is 1. The highest BCUT2D eigenvalue weighted by Crippen LogP contribution is 2.42. The maximum absolute atomic E-state index is 3.83. The average Bonchev–Trinajstić information content (AvgIpc) is 3.10. The van der Waals surface area contributed by atoms with E-state index in [1.54, 1.807) is 0 Å². The van der Waals surface area contributed by atoms with E-state index < -0.39 is 0 Å². The molecule has 0 amide bonds. The zero-order valence-corrected chi connectivity index (χ0v) is 12.4. The lowest BCUT2D eigenvalue weighted by molar-refractivity contribution is 0.431. The first kappa shape index (κ1) is 12.9. The summed E-state index contributed by atoms with van der Waals surface area (Å²) in [5.74, 6) is 0.824. The molecule has 0 radical (unpaired) electrons. The third-order valence-corrected chi connectivity index (χ3v) is 4.98. The second-order valence-corrected chi connectivity index (χ2v) is 6.61. The monoisotopic (exact) mass is 271 g/mol. The Morgan fingerprint density at radius 3 is 2.47 bits per heavy atom. The Balaban J connectivity index is 1.76. The molecule has 1 aromatic heterocycles. The van der Waals surface area contributed by atoms with Gasteiger partial charge in [0.2, 0.25) is 0 Å². The van der Waals surface area contributed by atoms with Crippen LogP contribution in [0.3, 0.4) is 0 Å². The molecule has 1 unspecified atom stereocenters. The summed E-state index contributed by atoms with van der Waals surface area (Å²) >= 11 is 1.84. The minimum absolute atomic E-state index is 0.437. The smallest absolute Gasteiger partial charge is 0.0391 e. The predicted molar refractivity (Wildman–Crippen MR) is 82.5 cm³/mol. The normalized spacial score (nSPS) is 18.2. The lowest BCUT2D eigenvalue weighted by atomic mass is 10.00. The van der Waals surface area contributed by atoms with E-state index in [-0.39, 0.29) is 0 Å². The highest BCUT2D eigenvalue weighted by atomic mass is 32.1. The van der Waals surface area contributed by atoms with E-state index in [9.17, 15) is 0 Å². The van der Waals surface area contributed by atoms with E-state index in [2.05, 4.69) is 60.9 Å². The molecule has 100 valence electrons. The summed E-state index contributed by atoms with van der Waals surface area (Å²) in [5.41, 5.74) is 2.78. The van der Waals surface area contributed by atoms with E-state index in [1.165, 1.54) is 28.8 Å². The number of hydrogen-bond donors (Lipinski definition) is 1. The minimum Gasteiger partial charge on any atom is -0.302 e. The highest BCUT2D eigenvalue weighted by Gasteiger charge is 2.33. The number of rotatable bonds is 5. The lowest BCUT2D eigenvalue weighted by Crippen LogP contribution is -2.25. The molecule has 1 aliphatic rings. The third-order valence-electron chi connectivity index (χ3n) is 3.93. The van der Waals surface area contributed by atoms with Gasteiger partial charge in [-0.25, -0.2) is 0 Å². The maximum Gasteiger partial charge on any atom is 0.0391 e. The van der Waals surface area contributed by atoms with E-state index in [1.807, 2.05) is 11.3 Å². The quantitative estimate of drug-likeness (QED) is 0.819. The van der Waals surface area contributed by atoms with Gasteiger partial charge in [-0.15, -0.1) is 11.3 Å². The van der Waals surface area contributed by atoms with Gasteiger partial charge >= 0.3 is 0 Å². The molecule has 2 aromatic rings. The van der Waals surface area contributed by atoms with Gasteiger partial charge < -0.3 is 5.32 Å². The molecule has 0 saturated heterocycles. The van der Waals surface area contributed by atoms with Crippen LogP contribution in [0, 0.1) is 12.8 Å². The zero-order chi connectivity index (χ0) is 13.2. The standard InChI is InChI=1S/C17H21NS/c1-12-5-7-14(8-6-12)17(15-9-10-15)18-13(2)16-4-3-11-19-16/h3-8,11,13,15,17-18H,9-10H2,1-2H3/t13-,17?/m0/s1. The van der Waals surface area contributed by atoms with Crippen molar-refractivity contribution >= 4 is 11.3 Å². The van der Waals surface area contributed by atoms with Crippen molar-refractivity contribution in [2.24, 2.45) is 5.92 Å². The molecule has 0 spiro atoms. The van der Waals surface area contributed by atoms with Crippen molar-refractivity contribution in [3.63, 3.8) is 0 Å². The van der Waals surface area contributed by atoms with Crippen molar-refractivity contribution in [1.82, 2.24) is 5.32 Å². The lowest BCUT2D eigenvalue weighted by Gasteiger charge is -2.23. The Bertz CT molecular complexity index is 511. The summed E-state index contributed by atoms with van der Waals surface area (Å²) in [5, 5.41) is 5.99. The molecule has 1 N–H and O–H groups in total. The van der Waals surface area contributed by atoms with Gasteiger partial charge in [-0.05, 0) is 49.6 Å². The molecule has 2 heteroatoms. The van der Waals surface area contributed by atoms with Crippen LogP contribution in [0.1, 0.15) is 47.9 Å². The summed E-state index contributed by atoms with van der Waals surface area (Å²) in [4.78, 5) is 1.43. The van der Waals surface area contributed by atoms with Crippen molar-refractivity contribution in [2.45, 2.75) is 38.8 Å². The van der Waals surface area contributed by atoms with E-state index in [4.69, 9.17) is 0 Å². The Morgan fingerprint density at radius 1 is 1.16 bits per heavy atom. The Kier molecular flexibility index (Phi) is 3.72. The molecule has 0 bridgehead atoms. The summed E-state index contributed by atoms with van der Waals surface area (Å²) in [6, 6.07) is 14.3. The van der Waals surface area contributed by atoms with Gasteiger partial charge in [-0.2, -0.15) is 0 Å². The summed E-state index contributed by atoms with van der Waals surface area (Å²) < 4.78 is 0. The van der Waals surface area contributed by atoms with Gasteiger partial charge in [-0.3, -0.25) is 0 Å². The maximum atomic E-state index is 3.83. The van der Waals surface area contributed by atoms with Gasteiger partial charge in [0.15, 0.2) is 0 Å². The molecule has 2 atom stereocenters. The Hall–Kier alpha value is -1.12. The average molecular weight is 271 g/mol. The van der Waals surface area contributed by atoms with Crippen LogP contribution in [0.25, 0.3) is 0 Å². The number of benzene rings is 1. The molecule has 1 fully saturated rings. The Morgan fingerprint density at radius 2 is 1.89 bits per heavy atom. The second-order valence-electron chi connectivity index (χ2n) is 5.63. The van der Waals surface area contributed by atoms with Crippen molar-refractivity contribution in [1.29, 1.82) is 0 Å². The van der Waals surface area contributed by atoms with E-state index >= 15 is 0 Å². The van der Waals surface area contributed by atoms with Gasteiger partial charge in [0.1, 0.15) is 0 Å². The molecule has 1 saturated carbocycles. The fourth-order valence-corrected chi connectivity index (χ4v) is 3.34. The fraction of sp³-hybridized carbons (Fsp3) is 0.412. The van der Waals surface area contributed by atoms with Gasteiger partial charge in [0.25, 0.3) is 0 Å². The SMILES string of the molecule is Cc1ccc(C(N[C@@H](C)c2cccs2)C2CC2)cc1. The van der Waals surface area contributed by atoms with Crippen LogP contribution < -0.4 is 5.32 Å². The number of thiophene rings is 1. The van der Waals surface area contributed by atoms with Crippen LogP contribution in [-0.2, 0) is 0 Å². The van der Waals surface area contributed by atoms with Gasteiger partial charge in [0, 0.05) is 17.0 Å². The molecule has 1 aliphatic carbocycles. The summed E-state index contributed by atoms with van der Waals surface area (Å²) in [6.45, 7) is 4.42. The highest BCUT2D eigenvalue weighted by molar-refractivity contribution is 7.10. The third kappa shape index (κ3) is 3.07.